The Morgan fingerprint density at radius 3 is 2.35 bits per heavy atom. The highest BCUT2D eigenvalue weighted by Crippen LogP contribution is 2.65. The predicted octanol–water partition coefficient (Wildman–Crippen LogP) is 7.44. The highest BCUT2D eigenvalue weighted by atomic mass is 35.5. The molecule has 0 spiro atoms. The topological polar surface area (TPSA) is 150 Å². The Bertz CT molecular complexity index is 2530. The number of phenolic OH excluding ortho intramolecular Hbond substituents is 1. The van der Waals surface area contributed by atoms with Crippen LogP contribution in [0.4, 0.5) is 21.5 Å². The van der Waals surface area contributed by atoms with E-state index in [1.807, 2.05) is 24.3 Å². The van der Waals surface area contributed by atoms with Crippen molar-refractivity contribution in [3.8, 4) is 5.75 Å². The van der Waals surface area contributed by atoms with Gasteiger partial charge in [0.2, 0.25) is 11.8 Å². The zero-order chi connectivity index (χ0) is 38.3. The van der Waals surface area contributed by atoms with E-state index in [4.69, 9.17) is 11.6 Å². The lowest BCUT2D eigenvalue weighted by Crippen LogP contribution is -2.53. The molecular weight excluding hydrogens is 727 g/mol. The summed E-state index contributed by atoms with van der Waals surface area (Å²) in [6.07, 6.45) is 1.95. The van der Waals surface area contributed by atoms with Gasteiger partial charge in [-0.05, 0) is 72.2 Å². The SMILES string of the molecule is O=C1[C@@H]2C[C@@H]3C(=CC[C@@H]4C(=O)N(c5cccc([N+](=O)[O-])c5)C(=O)[C@@H]43)[C@H](c3ccc4ccccc4c3O)[C@]2(c2ccc(Cl)cc2)C(=O)N1Nc1ccc(F)cc1. The molecule has 2 heterocycles. The van der Waals surface area contributed by atoms with Gasteiger partial charge < -0.3 is 5.11 Å². The monoisotopic (exact) mass is 756 g/mol. The van der Waals surface area contributed by atoms with E-state index in [-0.39, 0.29) is 35.7 Å². The largest absolute Gasteiger partial charge is 0.507 e. The van der Waals surface area contributed by atoms with Crippen LogP contribution in [0.3, 0.4) is 0 Å². The number of hydrogen-bond donors (Lipinski definition) is 2. The Hall–Kier alpha value is -6.40. The van der Waals surface area contributed by atoms with Gasteiger partial charge in [-0.2, -0.15) is 5.01 Å². The van der Waals surface area contributed by atoms with Gasteiger partial charge in [0, 0.05) is 34.0 Å². The average molecular weight is 757 g/mol. The minimum atomic E-state index is -1.69. The number of carbonyl (C=O) groups excluding carboxylic acids is 4. The van der Waals surface area contributed by atoms with Gasteiger partial charge in [-0.25, -0.2) is 9.29 Å². The van der Waals surface area contributed by atoms with Crippen molar-refractivity contribution >= 4 is 63.1 Å². The summed E-state index contributed by atoms with van der Waals surface area (Å²) in [5, 5.41) is 26.4. The summed E-state index contributed by atoms with van der Waals surface area (Å²) in [5.41, 5.74) is 2.70. The Morgan fingerprint density at radius 1 is 0.855 bits per heavy atom. The lowest BCUT2D eigenvalue weighted by molar-refractivity contribution is -0.384. The molecule has 0 radical (unpaired) electrons. The summed E-state index contributed by atoms with van der Waals surface area (Å²) in [6.45, 7) is 0. The summed E-state index contributed by atoms with van der Waals surface area (Å²) in [4.78, 5) is 70.9. The van der Waals surface area contributed by atoms with Gasteiger partial charge in [-0.15, -0.1) is 0 Å². The summed E-state index contributed by atoms with van der Waals surface area (Å²) in [7, 11) is 0. The number of carbonyl (C=O) groups is 4. The van der Waals surface area contributed by atoms with Crippen molar-refractivity contribution in [2.45, 2.75) is 24.2 Å². The fraction of sp³-hybridized carbons (Fsp3) is 0.190. The fourth-order valence-corrected chi connectivity index (χ4v) is 9.63. The second kappa shape index (κ2) is 12.6. The Kier molecular flexibility index (Phi) is 7.87. The van der Waals surface area contributed by atoms with Crippen LogP contribution < -0.4 is 10.3 Å². The van der Waals surface area contributed by atoms with Crippen LogP contribution >= 0.6 is 11.6 Å². The quantitative estimate of drug-likeness (QED) is 0.0786. The maximum absolute atomic E-state index is 15.4. The van der Waals surface area contributed by atoms with E-state index in [9.17, 15) is 34.0 Å². The van der Waals surface area contributed by atoms with E-state index in [0.717, 1.165) is 15.3 Å². The van der Waals surface area contributed by atoms with Crippen LogP contribution in [0.15, 0.2) is 121 Å². The molecule has 2 saturated heterocycles. The molecule has 5 aromatic rings. The van der Waals surface area contributed by atoms with Crippen LogP contribution in [0.25, 0.3) is 10.8 Å². The summed E-state index contributed by atoms with van der Waals surface area (Å²) >= 11 is 6.37. The molecule has 13 heteroatoms. The standard InChI is InChI=1S/C42H30ClFN4O7/c43-24-11-9-23(10-12-24)42-34(39(51)47(41(42)53)45-26-15-13-25(44)14-16-26)21-33-30(36(42)32-17-8-22-4-1-2-7-29(22)37(32)49)18-19-31-35(33)40(52)46(38(31)50)27-5-3-6-28(20-27)48(54)55/h1-18,20,31,33-36,45,49H,19,21H2/t31-,33+,34-,35-,36+,42+/m0/s1. The molecule has 1 saturated carbocycles. The average Bonchev–Trinajstić information content (AvgIpc) is 3.57. The number of rotatable bonds is 6. The van der Waals surface area contributed by atoms with Crippen molar-refractivity contribution in [3.63, 3.8) is 0 Å². The number of halogens is 2. The van der Waals surface area contributed by atoms with Crippen LogP contribution in [0, 0.1) is 39.6 Å². The van der Waals surface area contributed by atoms with E-state index >= 15 is 4.79 Å². The van der Waals surface area contributed by atoms with Crippen molar-refractivity contribution in [2.75, 3.05) is 10.3 Å². The lowest BCUT2D eigenvalue weighted by Gasteiger charge is -2.50. The molecule has 274 valence electrons. The molecule has 2 N–H and O–H groups in total. The maximum Gasteiger partial charge on any atom is 0.271 e. The number of amides is 4. The zero-order valence-electron chi connectivity index (χ0n) is 28.8. The maximum atomic E-state index is 15.4. The van der Waals surface area contributed by atoms with E-state index in [2.05, 4.69) is 5.43 Å². The Labute approximate surface area is 317 Å². The second-order valence-corrected chi connectivity index (χ2v) is 14.8. The van der Waals surface area contributed by atoms with Gasteiger partial charge in [-0.1, -0.05) is 77.8 Å². The van der Waals surface area contributed by atoms with E-state index in [1.165, 1.54) is 48.5 Å². The number of benzene rings is 5. The number of nitrogens with one attached hydrogen (secondary N) is 1. The summed E-state index contributed by atoms with van der Waals surface area (Å²) in [5.74, 6) is -7.62. The number of aromatic hydroxyl groups is 1. The Morgan fingerprint density at radius 2 is 1.60 bits per heavy atom. The van der Waals surface area contributed by atoms with E-state index in [0.29, 0.717) is 27.1 Å². The van der Waals surface area contributed by atoms with Crippen molar-refractivity contribution in [1.29, 1.82) is 0 Å². The summed E-state index contributed by atoms with van der Waals surface area (Å²) in [6, 6.07) is 27.9. The van der Waals surface area contributed by atoms with Gasteiger partial charge in [0.25, 0.3) is 17.5 Å². The van der Waals surface area contributed by atoms with Crippen LogP contribution in [0.1, 0.15) is 29.9 Å². The first-order chi connectivity index (χ1) is 26.5. The van der Waals surface area contributed by atoms with Gasteiger partial charge in [0.1, 0.15) is 11.6 Å². The van der Waals surface area contributed by atoms with Gasteiger partial charge in [-0.3, -0.25) is 34.7 Å². The van der Waals surface area contributed by atoms with Crippen LogP contribution in [-0.4, -0.2) is 38.7 Å². The third-order valence-corrected chi connectivity index (χ3v) is 12.0. The first-order valence-electron chi connectivity index (χ1n) is 17.7. The molecule has 3 fully saturated rings. The van der Waals surface area contributed by atoms with Crippen LogP contribution in [0.2, 0.25) is 5.02 Å². The third kappa shape index (κ3) is 5.01. The van der Waals surface area contributed by atoms with Gasteiger partial charge in [0.15, 0.2) is 0 Å². The number of nitro benzene ring substituents is 1. The Balaban J connectivity index is 1.26. The predicted molar refractivity (Wildman–Crippen MR) is 200 cm³/mol. The highest BCUT2D eigenvalue weighted by Gasteiger charge is 2.70. The molecule has 11 nitrogen and oxygen atoms in total. The minimum Gasteiger partial charge on any atom is -0.507 e. The molecule has 9 rings (SSSR count). The number of hydrazine groups is 1. The van der Waals surface area contributed by atoms with Gasteiger partial charge in [0.05, 0.1) is 39.5 Å². The molecule has 55 heavy (non-hydrogen) atoms. The number of nitro groups is 1. The first-order valence-corrected chi connectivity index (χ1v) is 18.1. The molecule has 0 bridgehead atoms. The molecule has 4 amide bonds. The van der Waals surface area contributed by atoms with Crippen LogP contribution in [-0.2, 0) is 24.6 Å². The van der Waals surface area contributed by atoms with E-state index < -0.39 is 69.4 Å². The normalized spacial score (nSPS) is 25.8. The fourth-order valence-electron chi connectivity index (χ4n) is 9.50. The number of fused-ring (bicyclic) bond motifs is 5. The zero-order valence-corrected chi connectivity index (χ0v) is 29.5. The number of allylic oxidation sites excluding steroid dienone is 2. The van der Waals surface area contributed by atoms with Crippen LogP contribution in [0.5, 0.6) is 5.75 Å². The minimum absolute atomic E-state index is 0.0194. The molecule has 2 aliphatic carbocycles. The molecule has 6 atom stereocenters. The third-order valence-electron chi connectivity index (χ3n) is 11.8. The molecule has 5 aromatic carbocycles. The molecular formula is C42H30ClFN4O7. The van der Waals surface area contributed by atoms with Crippen molar-refractivity contribution < 1.29 is 33.6 Å². The van der Waals surface area contributed by atoms with E-state index in [1.54, 1.807) is 42.5 Å². The van der Waals surface area contributed by atoms with Gasteiger partial charge >= 0.3 is 0 Å². The smallest absolute Gasteiger partial charge is 0.271 e. The summed E-state index contributed by atoms with van der Waals surface area (Å²) < 4.78 is 13.9. The first kappa shape index (κ1) is 34.4. The molecule has 4 aliphatic rings. The number of phenols is 1. The lowest BCUT2D eigenvalue weighted by atomic mass is 9.49. The number of imide groups is 2. The number of hydrogen-bond acceptors (Lipinski definition) is 8. The molecule has 2 aliphatic heterocycles. The number of non-ortho nitro benzene ring substituents is 1. The van der Waals surface area contributed by atoms with Crippen molar-refractivity contribution in [1.82, 2.24) is 5.01 Å². The second-order valence-electron chi connectivity index (χ2n) is 14.4. The highest BCUT2D eigenvalue weighted by molar-refractivity contribution is 6.30. The molecule has 0 unspecified atom stereocenters. The molecule has 0 aromatic heterocycles. The van der Waals surface area contributed by atoms with Crippen molar-refractivity contribution in [3.05, 3.63) is 153 Å². The van der Waals surface area contributed by atoms with Crippen molar-refractivity contribution in [2.24, 2.45) is 23.7 Å². The number of anilines is 2. The number of nitrogens with zero attached hydrogens (tertiary/aromatic N) is 3.